The Bertz CT molecular complexity index is 1260. The van der Waals surface area contributed by atoms with Crippen molar-refractivity contribution in [2.45, 2.75) is 26.3 Å². The first-order valence-electron chi connectivity index (χ1n) is 12.2. The van der Waals surface area contributed by atoms with Crippen LogP contribution in [0.2, 0.25) is 0 Å². The Morgan fingerprint density at radius 2 is 1.69 bits per heavy atom. The van der Waals surface area contributed by atoms with Crippen molar-refractivity contribution in [2.24, 2.45) is 0 Å². The van der Waals surface area contributed by atoms with E-state index in [2.05, 4.69) is 70.8 Å². The van der Waals surface area contributed by atoms with Crippen molar-refractivity contribution < 1.29 is 9.53 Å². The molecule has 0 radical (unpaired) electrons. The molecular formula is C30H31N3O2. The molecule has 0 unspecified atom stereocenters. The van der Waals surface area contributed by atoms with Crippen LogP contribution in [-0.4, -0.2) is 38.9 Å². The van der Waals surface area contributed by atoms with Gasteiger partial charge >= 0.3 is 6.09 Å². The van der Waals surface area contributed by atoms with Crippen molar-refractivity contribution in [3.63, 3.8) is 0 Å². The fraction of sp³-hybridized carbons (Fsp3) is 0.300. The monoisotopic (exact) mass is 465 g/mol. The largest absolute Gasteiger partial charge is 0.449 e. The Morgan fingerprint density at radius 1 is 1.06 bits per heavy atom. The number of hydrogen-bond acceptors (Lipinski definition) is 4. The van der Waals surface area contributed by atoms with Crippen molar-refractivity contribution in [1.82, 2.24) is 10.6 Å². The molecule has 178 valence electrons. The van der Waals surface area contributed by atoms with Crippen LogP contribution >= 0.6 is 0 Å². The summed E-state index contributed by atoms with van der Waals surface area (Å²) in [7, 11) is 0. The van der Waals surface area contributed by atoms with Gasteiger partial charge < -0.3 is 20.3 Å². The van der Waals surface area contributed by atoms with Gasteiger partial charge in [0.1, 0.15) is 6.61 Å². The molecule has 1 fully saturated rings. The molecule has 1 amide bonds. The molecule has 0 saturated carbocycles. The van der Waals surface area contributed by atoms with Gasteiger partial charge in [-0.05, 0) is 58.9 Å². The number of amides is 1. The van der Waals surface area contributed by atoms with E-state index >= 15 is 0 Å². The third-order valence-corrected chi connectivity index (χ3v) is 7.30. The molecule has 5 rings (SSSR count). The Morgan fingerprint density at radius 3 is 2.31 bits per heavy atom. The number of fused-ring (bicyclic) bond motifs is 3. The van der Waals surface area contributed by atoms with Gasteiger partial charge in [-0.2, -0.15) is 0 Å². The van der Waals surface area contributed by atoms with Gasteiger partial charge in [-0.15, -0.1) is 6.42 Å². The van der Waals surface area contributed by atoms with Crippen LogP contribution in [0.3, 0.4) is 0 Å². The number of anilines is 1. The smallest absolute Gasteiger partial charge is 0.407 e. The molecule has 1 aliphatic heterocycles. The minimum absolute atomic E-state index is 0.0432. The van der Waals surface area contributed by atoms with Gasteiger partial charge in [0.15, 0.2) is 0 Å². The molecular weight excluding hydrogens is 434 g/mol. The number of carbonyl (C=O) groups excluding carboxylic acids is 1. The standard InChI is InChI=1S/C30H31N3O2/c1-4-23-20(2)22(17-29(21(23)3)33-15-13-31-14-16-33)18-32-30(34)35-19-28-26-11-7-5-9-24(26)25-10-6-8-12-27(25)28/h1,5-12,17,28,31H,13-16,18-19H2,2-3H3,(H,32,34). The molecule has 1 aliphatic carbocycles. The number of benzene rings is 3. The number of hydrogen-bond donors (Lipinski definition) is 2. The predicted octanol–water partition coefficient (Wildman–Crippen LogP) is 4.73. The predicted molar refractivity (Wildman–Crippen MR) is 141 cm³/mol. The first kappa shape index (κ1) is 23.0. The number of rotatable bonds is 5. The highest BCUT2D eigenvalue weighted by molar-refractivity contribution is 5.79. The molecule has 2 N–H and O–H groups in total. The Kier molecular flexibility index (Phi) is 6.48. The second kappa shape index (κ2) is 9.85. The van der Waals surface area contributed by atoms with Crippen LogP contribution < -0.4 is 15.5 Å². The quantitative estimate of drug-likeness (QED) is 0.535. The minimum Gasteiger partial charge on any atom is -0.449 e. The molecule has 2 aliphatic rings. The van der Waals surface area contributed by atoms with E-state index in [0.717, 1.165) is 54.1 Å². The average molecular weight is 466 g/mol. The summed E-state index contributed by atoms with van der Waals surface area (Å²) >= 11 is 0. The number of alkyl carbamates (subject to hydrolysis) is 1. The maximum atomic E-state index is 12.7. The minimum atomic E-state index is -0.419. The number of nitrogens with zero attached hydrogens (tertiary/aromatic N) is 1. The van der Waals surface area contributed by atoms with Crippen molar-refractivity contribution in [1.29, 1.82) is 0 Å². The van der Waals surface area contributed by atoms with Gasteiger partial charge in [0.2, 0.25) is 0 Å². The maximum Gasteiger partial charge on any atom is 0.407 e. The zero-order valence-electron chi connectivity index (χ0n) is 20.4. The van der Waals surface area contributed by atoms with E-state index in [1.54, 1.807) is 0 Å². The molecule has 3 aromatic rings. The van der Waals surface area contributed by atoms with Crippen molar-refractivity contribution in [2.75, 3.05) is 37.7 Å². The van der Waals surface area contributed by atoms with Crippen LogP contribution in [-0.2, 0) is 11.3 Å². The molecule has 0 aromatic heterocycles. The van der Waals surface area contributed by atoms with Gasteiger partial charge in [0, 0.05) is 49.9 Å². The fourth-order valence-electron chi connectivity index (χ4n) is 5.40. The molecule has 1 saturated heterocycles. The zero-order chi connectivity index (χ0) is 24.4. The van der Waals surface area contributed by atoms with E-state index < -0.39 is 6.09 Å². The third-order valence-electron chi connectivity index (χ3n) is 7.30. The number of nitrogens with one attached hydrogen (secondary N) is 2. The lowest BCUT2D eigenvalue weighted by Gasteiger charge is -2.32. The average Bonchev–Trinajstić information content (AvgIpc) is 3.21. The van der Waals surface area contributed by atoms with Gasteiger partial charge in [-0.1, -0.05) is 54.5 Å². The molecule has 3 aromatic carbocycles. The number of carbonyl (C=O) groups is 1. The van der Waals surface area contributed by atoms with Gasteiger partial charge in [0.25, 0.3) is 0 Å². The van der Waals surface area contributed by atoms with Gasteiger partial charge in [-0.25, -0.2) is 4.79 Å². The maximum absolute atomic E-state index is 12.7. The molecule has 1 heterocycles. The summed E-state index contributed by atoms with van der Waals surface area (Å²) in [6.07, 6.45) is 5.46. The van der Waals surface area contributed by atoms with E-state index in [1.165, 1.54) is 22.3 Å². The summed E-state index contributed by atoms with van der Waals surface area (Å²) in [6.45, 7) is 8.56. The molecule has 5 heteroatoms. The Balaban J connectivity index is 1.28. The molecule has 5 nitrogen and oxygen atoms in total. The SMILES string of the molecule is C#Cc1c(C)c(CNC(=O)OCC2c3ccccc3-c3ccccc32)cc(N2CCNCC2)c1C. The van der Waals surface area contributed by atoms with Crippen molar-refractivity contribution >= 4 is 11.8 Å². The zero-order valence-corrected chi connectivity index (χ0v) is 20.4. The van der Waals surface area contributed by atoms with E-state index in [-0.39, 0.29) is 5.92 Å². The lowest BCUT2D eigenvalue weighted by molar-refractivity contribution is 0.142. The molecule has 0 bridgehead atoms. The summed E-state index contributed by atoms with van der Waals surface area (Å²) in [4.78, 5) is 15.1. The second-order valence-electron chi connectivity index (χ2n) is 9.24. The van der Waals surface area contributed by atoms with E-state index in [4.69, 9.17) is 11.2 Å². The number of ether oxygens (including phenoxy) is 1. The normalized spacial score (nSPS) is 14.7. The van der Waals surface area contributed by atoms with Crippen molar-refractivity contribution in [3.05, 3.63) is 88.0 Å². The molecule has 35 heavy (non-hydrogen) atoms. The summed E-state index contributed by atoms with van der Waals surface area (Å²) in [6, 6.07) is 18.9. The van der Waals surface area contributed by atoms with Crippen LogP contribution in [0.15, 0.2) is 54.6 Å². The van der Waals surface area contributed by atoms with Crippen molar-refractivity contribution in [3.8, 4) is 23.5 Å². The fourth-order valence-corrected chi connectivity index (χ4v) is 5.40. The van der Waals surface area contributed by atoms with Gasteiger partial charge in [0.05, 0.1) is 0 Å². The second-order valence-corrected chi connectivity index (χ2v) is 9.24. The highest BCUT2D eigenvalue weighted by atomic mass is 16.5. The summed E-state index contributed by atoms with van der Waals surface area (Å²) in [5.74, 6) is 2.91. The third kappa shape index (κ3) is 4.38. The number of terminal acetylenes is 1. The van der Waals surface area contributed by atoms with Crippen LogP contribution in [0.25, 0.3) is 11.1 Å². The summed E-state index contributed by atoms with van der Waals surface area (Å²) in [5.41, 5.74) is 10.1. The summed E-state index contributed by atoms with van der Waals surface area (Å²) < 4.78 is 5.72. The van der Waals surface area contributed by atoms with E-state index in [0.29, 0.717) is 13.2 Å². The van der Waals surface area contributed by atoms with E-state index in [9.17, 15) is 4.79 Å². The highest BCUT2D eigenvalue weighted by Crippen LogP contribution is 2.44. The van der Waals surface area contributed by atoms with Crippen LogP contribution in [0.4, 0.5) is 10.5 Å². The molecule has 0 atom stereocenters. The lowest BCUT2D eigenvalue weighted by Crippen LogP contribution is -2.44. The van der Waals surface area contributed by atoms with Gasteiger partial charge in [-0.3, -0.25) is 0 Å². The highest BCUT2D eigenvalue weighted by Gasteiger charge is 2.29. The van der Waals surface area contributed by atoms with Crippen LogP contribution in [0, 0.1) is 26.2 Å². The topological polar surface area (TPSA) is 53.6 Å². The number of piperazine rings is 1. The first-order chi connectivity index (χ1) is 17.1. The van der Waals surface area contributed by atoms with Crippen LogP contribution in [0.1, 0.15) is 39.3 Å². The Labute approximate surface area is 207 Å². The summed E-state index contributed by atoms with van der Waals surface area (Å²) in [5, 5.41) is 6.34. The molecule has 0 spiro atoms. The Hall–Kier alpha value is -3.75. The first-order valence-corrected chi connectivity index (χ1v) is 12.2. The van der Waals surface area contributed by atoms with Crippen LogP contribution in [0.5, 0.6) is 0 Å². The van der Waals surface area contributed by atoms with E-state index in [1.807, 2.05) is 19.1 Å². The lowest BCUT2D eigenvalue weighted by atomic mass is 9.95.